The number of hydrogen-bond donors (Lipinski definition) is 0. The highest BCUT2D eigenvalue weighted by Gasteiger charge is 2.21. The lowest BCUT2D eigenvalue weighted by molar-refractivity contribution is 0.414. The monoisotopic (exact) mass is 136 g/mol. The molecule has 0 atom stereocenters. The summed E-state index contributed by atoms with van der Waals surface area (Å²) >= 11 is 0. The van der Waals surface area contributed by atoms with Crippen LogP contribution in [0.5, 0.6) is 0 Å². The summed E-state index contributed by atoms with van der Waals surface area (Å²) in [7, 11) is 0. The van der Waals surface area contributed by atoms with Crippen LogP contribution in [-0.4, -0.2) is 23.8 Å². The molecule has 2 aliphatic heterocycles. The fourth-order valence-corrected chi connectivity index (χ4v) is 1.61. The van der Waals surface area contributed by atoms with Gasteiger partial charge in [-0.3, -0.25) is 0 Å². The van der Waals surface area contributed by atoms with Crippen LogP contribution in [0.25, 0.3) is 0 Å². The number of amidine groups is 1. The highest BCUT2D eigenvalue weighted by Crippen LogP contribution is 2.19. The number of rotatable bonds is 0. The molecule has 2 heterocycles. The molecule has 1 saturated heterocycles. The molecule has 2 aliphatic rings. The van der Waals surface area contributed by atoms with Crippen molar-refractivity contribution in [2.24, 2.45) is 4.99 Å². The molecule has 0 amide bonds. The Balaban J connectivity index is 2.17. The molecular weight excluding hydrogens is 124 g/mol. The Bertz CT molecular complexity index is 193. The first-order valence-corrected chi connectivity index (χ1v) is 3.86. The summed E-state index contributed by atoms with van der Waals surface area (Å²) in [5.41, 5.74) is 1.04. The largest absolute Gasteiger partial charge is 0.354 e. The maximum absolute atomic E-state index is 4.36. The van der Waals surface area contributed by atoms with E-state index in [0.717, 1.165) is 12.2 Å². The van der Waals surface area contributed by atoms with Gasteiger partial charge < -0.3 is 4.90 Å². The van der Waals surface area contributed by atoms with Crippen LogP contribution in [0, 0.1) is 0 Å². The fourth-order valence-electron chi connectivity index (χ4n) is 1.61. The van der Waals surface area contributed by atoms with Crippen LogP contribution < -0.4 is 0 Å². The van der Waals surface area contributed by atoms with Crippen molar-refractivity contribution in [3.8, 4) is 0 Å². The van der Waals surface area contributed by atoms with Crippen molar-refractivity contribution in [3.05, 3.63) is 12.3 Å². The van der Waals surface area contributed by atoms with E-state index in [1.165, 1.54) is 31.6 Å². The zero-order chi connectivity index (χ0) is 6.97. The summed E-state index contributed by atoms with van der Waals surface area (Å²) in [6.07, 6.45) is 3.80. The Labute approximate surface area is 61.2 Å². The van der Waals surface area contributed by atoms with Gasteiger partial charge in [-0.05, 0) is 12.8 Å². The Morgan fingerprint density at radius 2 is 2.30 bits per heavy atom. The average molecular weight is 136 g/mol. The van der Waals surface area contributed by atoms with Crippen molar-refractivity contribution in [2.75, 3.05) is 13.1 Å². The van der Waals surface area contributed by atoms with Crippen molar-refractivity contribution in [3.63, 3.8) is 0 Å². The lowest BCUT2D eigenvalue weighted by Gasteiger charge is -2.24. The molecule has 0 aromatic rings. The van der Waals surface area contributed by atoms with E-state index < -0.39 is 0 Å². The molecule has 54 valence electrons. The minimum Gasteiger partial charge on any atom is -0.354 e. The third kappa shape index (κ3) is 0.838. The number of fused-ring (bicyclic) bond motifs is 1. The SMILES string of the molecule is C=C1CN2CCCCC2=N1. The first kappa shape index (κ1) is 5.96. The van der Waals surface area contributed by atoms with Crippen molar-refractivity contribution in [1.29, 1.82) is 0 Å². The molecule has 0 saturated carbocycles. The highest BCUT2D eigenvalue weighted by atomic mass is 15.2. The molecule has 0 N–H and O–H groups in total. The number of hydrogen-bond acceptors (Lipinski definition) is 2. The zero-order valence-corrected chi connectivity index (χ0v) is 6.14. The number of aliphatic imine (C=N–C) groups is 1. The van der Waals surface area contributed by atoms with Gasteiger partial charge >= 0.3 is 0 Å². The van der Waals surface area contributed by atoms with Crippen molar-refractivity contribution >= 4 is 5.84 Å². The number of nitrogens with zero attached hydrogens (tertiary/aromatic N) is 2. The second kappa shape index (κ2) is 2.11. The summed E-state index contributed by atoms with van der Waals surface area (Å²) in [4.78, 5) is 6.70. The minimum absolute atomic E-state index is 0.981. The standard InChI is InChI=1S/C8H12N2/c1-7-6-10-5-3-2-4-8(10)9-7/h1-6H2. The van der Waals surface area contributed by atoms with Crippen LogP contribution in [-0.2, 0) is 0 Å². The first-order valence-electron chi connectivity index (χ1n) is 3.86. The van der Waals surface area contributed by atoms with Crippen molar-refractivity contribution in [2.45, 2.75) is 19.3 Å². The molecule has 0 bridgehead atoms. The predicted octanol–water partition coefficient (Wildman–Crippen LogP) is 1.40. The van der Waals surface area contributed by atoms with E-state index in [2.05, 4.69) is 16.5 Å². The van der Waals surface area contributed by atoms with Gasteiger partial charge in [-0.2, -0.15) is 0 Å². The third-order valence-electron chi connectivity index (χ3n) is 2.10. The van der Waals surface area contributed by atoms with Crippen LogP contribution in [0.1, 0.15) is 19.3 Å². The van der Waals surface area contributed by atoms with Gasteiger partial charge in [0.05, 0.1) is 12.2 Å². The lowest BCUT2D eigenvalue weighted by Crippen LogP contribution is -2.31. The molecule has 0 aromatic heterocycles. The fraction of sp³-hybridized carbons (Fsp3) is 0.625. The molecule has 2 rings (SSSR count). The van der Waals surface area contributed by atoms with Crippen molar-refractivity contribution in [1.82, 2.24) is 4.90 Å². The van der Waals surface area contributed by atoms with Crippen LogP contribution in [0.15, 0.2) is 17.3 Å². The second-order valence-corrected chi connectivity index (χ2v) is 2.97. The Hall–Kier alpha value is -0.790. The molecule has 1 fully saturated rings. The third-order valence-corrected chi connectivity index (χ3v) is 2.10. The summed E-state index contributed by atoms with van der Waals surface area (Å²) in [5, 5.41) is 0. The number of piperidine rings is 1. The molecule has 0 spiro atoms. The topological polar surface area (TPSA) is 15.6 Å². The van der Waals surface area contributed by atoms with Gasteiger partial charge in [0.1, 0.15) is 5.84 Å². The minimum atomic E-state index is 0.981. The molecule has 2 nitrogen and oxygen atoms in total. The Morgan fingerprint density at radius 3 is 3.10 bits per heavy atom. The van der Waals surface area contributed by atoms with Gasteiger partial charge in [-0.1, -0.05) is 6.58 Å². The van der Waals surface area contributed by atoms with E-state index in [0.29, 0.717) is 0 Å². The van der Waals surface area contributed by atoms with Crippen LogP contribution >= 0.6 is 0 Å². The van der Waals surface area contributed by atoms with Crippen LogP contribution in [0.3, 0.4) is 0 Å². The van der Waals surface area contributed by atoms with E-state index in [1.54, 1.807) is 0 Å². The van der Waals surface area contributed by atoms with Crippen LogP contribution in [0.2, 0.25) is 0 Å². The summed E-state index contributed by atoms with van der Waals surface area (Å²) in [5.74, 6) is 1.27. The maximum atomic E-state index is 4.36. The molecule has 0 radical (unpaired) electrons. The average Bonchev–Trinajstić information content (AvgIpc) is 2.27. The summed E-state index contributed by atoms with van der Waals surface area (Å²) in [6, 6.07) is 0. The van der Waals surface area contributed by atoms with Gasteiger partial charge in [0, 0.05) is 13.0 Å². The van der Waals surface area contributed by atoms with Gasteiger partial charge in [-0.15, -0.1) is 0 Å². The smallest absolute Gasteiger partial charge is 0.105 e. The normalized spacial score (nSPS) is 24.6. The van der Waals surface area contributed by atoms with E-state index in [9.17, 15) is 0 Å². The molecule has 0 aliphatic carbocycles. The quantitative estimate of drug-likeness (QED) is 0.491. The predicted molar refractivity (Wildman–Crippen MR) is 42.0 cm³/mol. The molecule has 0 aromatic carbocycles. The summed E-state index contributed by atoms with van der Waals surface area (Å²) in [6.45, 7) is 6.02. The molecule has 0 unspecified atom stereocenters. The highest BCUT2D eigenvalue weighted by molar-refractivity contribution is 5.86. The van der Waals surface area contributed by atoms with E-state index in [1.807, 2.05) is 0 Å². The summed E-state index contributed by atoms with van der Waals surface area (Å²) < 4.78 is 0. The maximum Gasteiger partial charge on any atom is 0.105 e. The van der Waals surface area contributed by atoms with Crippen LogP contribution in [0.4, 0.5) is 0 Å². The van der Waals surface area contributed by atoms with E-state index in [-0.39, 0.29) is 0 Å². The van der Waals surface area contributed by atoms with Gasteiger partial charge in [0.2, 0.25) is 0 Å². The van der Waals surface area contributed by atoms with Gasteiger partial charge in [0.25, 0.3) is 0 Å². The van der Waals surface area contributed by atoms with Gasteiger partial charge in [0.15, 0.2) is 0 Å². The second-order valence-electron chi connectivity index (χ2n) is 2.97. The van der Waals surface area contributed by atoms with Crippen molar-refractivity contribution < 1.29 is 0 Å². The first-order chi connectivity index (χ1) is 4.86. The lowest BCUT2D eigenvalue weighted by atomic mass is 10.1. The Morgan fingerprint density at radius 1 is 1.40 bits per heavy atom. The molecule has 2 heteroatoms. The van der Waals surface area contributed by atoms with E-state index in [4.69, 9.17) is 0 Å². The molecular formula is C8H12N2. The molecule has 10 heavy (non-hydrogen) atoms. The Kier molecular flexibility index (Phi) is 1.26. The van der Waals surface area contributed by atoms with Gasteiger partial charge in [-0.25, -0.2) is 4.99 Å². The zero-order valence-electron chi connectivity index (χ0n) is 6.14. The van der Waals surface area contributed by atoms with E-state index >= 15 is 0 Å².